The molecule has 0 aromatic heterocycles. The monoisotopic (exact) mass is 512 g/mol. The predicted molar refractivity (Wildman–Crippen MR) is 127 cm³/mol. The van der Waals surface area contributed by atoms with Crippen LogP contribution < -0.4 is 0 Å². The SMILES string of the molecule is CCCCC(=O)O[C@]1(C(=O)CF)C(C)C[C@H]2[C@@H]3CCC4=C(F)C(=O)C=C[C@]4(C)[C@@]3(Cl)[C@@H](O)C[C@@]21C. The minimum absolute atomic E-state index is 0.0128. The number of rotatable bonds is 6. The Morgan fingerprint density at radius 2 is 1.97 bits per heavy atom. The van der Waals surface area contributed by atoms with Crippen LogP contribution in [0.4, 0.5) is 8.78 Å². The summed E-state index contributed by atoms with van der Waals surface area (Å²) in [6.45, 7) is 6.00. The van der Waals surface area contributed by atoms with E-state index in [1.54, 1.807) is 26.8 Å². The highest BCUT2D eigenvalue weighted by Crippen LogP contribution is 2.72. The summed E-state index contributed by atoms with van der Waals surface area (Å²) in [4.78, 5) is 36.8. The normalized spacial score (nSPS) is 44.5. The fraction of sp³-hybridized carbons (Fsp3) is 0.741. The van der Waals surface area contributed by atoms with Gasteiger partial charge in [-0.2, -0.15) is 0 Å². The maximum atomic E-state index is 14.9. The number of carbonyl (C=O) groups excluding carboxylic acids is 3. The van der Waals surface area contributed by atoms with Crippen molar-refractivity contribution in [2.45, 2.75) is 89.2 Å². The smallest absolute Gasteiger partial charge is 0.306 e. The molecule has 3 saturated carbocycles. The summed E-state index contributed by atoms with van der Waals surface area (Å²) in [6, 6.07) is 0. The number of allylic oxidation sites excluding steroid dienone is 4. The van der Waals surface area contributed by atoms with E-state index < -0.39 is 63.4 Å². The molecule has 0 bridgehead atoms. The van der Waals surface area contributed by atoms with E-state index in [0.29, 0.717) is 24.8 Å². The first kappa shape index (κ1) is 26.5. The van der Waals surface area contributed by atoms with Gasteiger partial charge < -0.3 is 9.84 Å². The topological polar surface area (TPSA) is 80.7 Å². The van der Waals surface area contributed by atoms with Crippen LogP contribution in [0.15, 0.2) is 23.6 Å². The summed E-state index contributed by atoms with van der Waals surface area (Å²) >= 11 is 7.33. The fourth-order valence-corrected chi connectivity index (χ4v) is 8.64. The Morgan fingerprint density at radius 3 is 2.60 bits per heavy atom. The highest BCUT2D eigenvalue weighted by Gasteiger charge is 2.76. The molecular formula is C27H35ClF2O5. The average molecular weight is 513 g/mol. The second-order valence-corrected chi connectivity index (χ2v) is 12.0. The summed E-state index contributed by atoms with van der Waals surface area (Å²) < 4.78 is 34.9. The number of hydrogen-bond acceptors (Lipinski definition) is 5. The number of aliphatic hydroxyl groups is 1. The zero-order chi connectivity index (χ0) is 26.0. The molecule has 5 nitrogen and oxygen atoms in total. The molecule has 8 atom stereocenters. The van der Waals surface area contributed by atoms with Crippen molar-refractivity contribution in [3.05, 3.63) is 23.6 Å². The zero-order valence-electron chi connectivity index (χ0n) is 20.8. The highest BCUT2D eigenvalue weighted by atomic mass is 35.5. The molecular weight excluding hydrogens is 478 g/mol. The molecule has 0 amide bonds. The lowest BCUT2D eigenvalue weighted by molar-refractivity contribution is -0.202. The van der Waals surface area contributed by atoms with Gasteiger partial charge >= 0.3 is 5.97 Å². The molecule has 0 aromatic rings. The van der Waals surface area contributed by atoms with Crippen molar-refractivity contribution in [3.8, 4) is 0 Å². The van der Waals surface area contributed by atoms with Gasteiger partial charge in [0.2, 0.25) is 11.6 Å². The number of ether oxygens (including phenoxy) is 1. The van der Waals surface area contributed by atoms with E-state index in [0.717, 1.165) is 6.42 Å². The molecule has 8 heteroatoms. The third kappa shape index (κ3) is 3.29. The second-order valence-electron chi connectivity index (χ2n) is 11.4. The van der Waals surface area contributed by atoms with Crippen LogP contribution in [0.5, 0.6) is 0 Å². The van der Waals surface area contributed by atoms with Gasteiger partial charge in [-0.05, 0) is 55.6 Å². The van der Waals surface area contributed by atoms with Crippen LogP contribution in [0.1, 0.15) is 72.6 Å². The van der Waals surface area contributed by atoms with E-state index in [4.69, 9.17) is 16.3 Å². The first-order valence-electron chi connectivity index (χ1n) is 12.7. The molecule has 1 unspecified atom stereocenters. The molecule has 0 aliphatic heterocycles. The third-order valence-corrected chi connectivity index (χ3v) is 10.7. The fourth-order valence-electron chi connectivity index (χ4n) is 8.13. The molecule has 4 aliphatic carbocycles. The number of Topliss-reactive ketones (excluding diaryl/α,β-unsaturated/α-hetero) is 1. The van der Waals surface area contributed by atoms with E-state index in [9.17, 15) is 28.3 Å². The maximum absolute atomic E-state index is 14.9. The zero-order valence-corrected chi connectivity index (χ0v) is 21.6. The van der Waals surface area contributed by atoms with Crippen LogP contribution in [0.25, 0.3) is 0 Å². The number of unbranched alkanes of at least 4 members (excludes halogenated alkanes) is 1. The highest BCUT2D eigenvalue weighted by molar-refractivity contribution is 6.26. The Bertz CT molecular complexity index is 1010. The first-order chi connectivity index (χ1) is 16.3. The van der Waals surface area contributed by atoms with Crippen molar-refractivity contribution in [2.24, 2.45) is 28.6 Å². The molecule has 194 valence electrons. The van der Waals surface area contributed by atoms with Gasteiger partial charge in [0.1, 0.15) is 0 Å². The van der Waals surface area contributed by atoms with E-state index in [1.165, 1.54) is 6.08 Å². The third-order valence-electron chi connectivity index (χ3n) is 9.82. The summed E-state index contributed by atoms with van der Waals surface area (Å²) in [5, 5.41) is 11.6. The largest absolute Gasteiger partial charge is 0.450 e. The molecule has 4 rings (SSSR count). The van der Waals surface area contributed by atoms with Crippen LogP contribution in [-0.4, -0.2) is 45.9 Å². The number of esters is 1. The first-order valence-corrected chi connectivity index (χ1v) is 13.0. The number of aliphatic hydroxyl groups excluding tert-OH is 1. The van der Waals surface area contributed by atoms with Crippen molar-refractivity contribution < 1.29 is 33.0 Å². The Balaban J connectivity index is 1.82. The summed E-state index contributed by atoms with van der Waals surface area (Å²) in [5.41, 5.74) is -3.57. The maximum Gasteiger partial charge on any atom is 0.306 e. The van der Waals surface area contributed by atoms with Gasteiger partial charge in [-0.1, -0.05) is 40.2 Å². The van der Waals surface area contributed by atoms with Gasteiger partial charge in [-0.25, -0.2) is 8.78 Å². The Kier molecular flexibility index (Phi) is 6.62. The van der Waals surface area contributed by atoms with Gasteiger partial charge in [0, 0.05) is 23.2 Å². The van der Waals surface area contributed by atoms with E-state index in [-0.39, 0.29) is 31.1 Å². The van der Waals surface area contributed by atoms with Gasteiger partial charge in [0.25, 0.3) is 0 Å². The van der Waals surface area contributed by atoms with E-state index >= 15 is 0 Å². The van der Waals surface area contributed by atoms with Gasteiger partial charge in [0.05, 0.1) is 11.0 Å². The van der Waals surface area contributed by atoms with Crippen LogP contribution in [0.2, 0.25) is 0 Å². The quantitative estimate of drug-likeness (QED) is 0.392. The van der Waals surface area contributed by atoms with Gasteiger partial charge in [-0.3, -0.25) is 14.4 Å². The molecule has 0 spiro atoms. The van der Waals surface area contributed by atoms with Crippen molar-refractivity contribution in [1.82, 2.24) is 0 Å². The number of alkyl halides is 2. The molecule has 3 fully saturated rings. The summed E-state index contributed by atoms with van der Waals surface area (Å²) in [7, 11) is 0. The number of halogens is 3. The van der Waals surface area contributed by atoms with Crippen molar-refractivity contribution in [1.29, 1.82) is 0 Å². The molecule has 0 saturated heterocycles. The molecule has 0 heterocycles. The minimum atomic E-state index is -1.71. The average Bonchev–Trinajstić information content (AvgIpc) is 3.03. The second kappa shape index (κ2) is 8.76. The number of hydrogen-bond donors (Lipinski definition) is 1. The number of fused-ring (bicyclic) bond motifs is 5. The number of ketones is 2. The van der Waals surface area contributed by atoms with Crippen LogP contribution >= 0.6 is 11.6 Å². The van der Waals surface area contributed by atoms with Gasteiger partial charge in [-0.15, -0.1) is 11.6 Å². The Labute approximate surface area is 210 Å². The molecule has 0 radical (unpaired) electrons. The number of carbonyl (C=O) groups is 3. The van der Waals surface area contributed by atoms with Crippen molar-refractivity contribution in [2.75, 3.05) is 6.67 Å². The van der Waals surface area contributed by atoms with Crippen molar-refractivity contribution >= 4 is 29.1 Å². The summed E-state index contributed by atoms with van der Waals surface area (Å²) in [6.07, 6.45) is 4.17. The van der Waals surface area contributed by atoms with Crippen LogP contribution in [-0.2, 0) is 19.1 Å². The molecule has 4 aliphatic rings. The van der Waals surface area contributed by atoms with Crippen molar-refractivity contribution in [3.63, 3.8) is 0 Å². The predicted octanol–water partition coefficient (Wildman–Crippen LogP) is 5.18. The Hall–Kier alpha value is -1.60. The molecule has 0 aromatic carbocycles. The lowest BCUT2D eigenvalue weighted by atomic mass is 9.45. The van der Waals surface area contributed by atoms with Crippen LogP contribution in [0, 0.1) is 28.6 Å². The molecule has 1 N–H and O–H groups in total. The van der Waals surface area contributed by atoms with Gasteiger partial charge in [0.15, 0.2) is 18.1 Å². The van der Waals surface area contributed by atoms with E-state index in [2.05, 4.69) is 0 Å². The Morgan fingerprint density at radius 1 is 1.29 bits per heavy atom. The summed E-state index contributed by atoms with van der Waals surface area (Å²) in [5.74, 6) is -3.98. The van der Waals surface area contributed by atoms with Crippen LogP contribution in [0.3, 0.4) is 0 Å². The lowest BCUT2D eigenvalue weighted by Crippen LogP contribution is -2.69. The standard InChI is InChI=1S/C27H35ClF2O5/c1-5-6-7-22(34)35-27(21(33)14-29)15(2)12-18-16-8-9-17-23(30)19(31)10-11-24(17,3)26(16,28)20(32)13-25(18,27)4/h10-11,15-16,18,20,32H,5-9,12-14H2,1-4H3/t15?,16-,18-,20-,24-,25-,26-,27-/m0/s1. The minimum Gasteiger partial charge on any atom is -0.450 e. The lowest BCUT2D eigenvalue weighted by Gasteiger charge is -2.64. The molecule has 35 heavy (non-hydrogen) atoms. The van der Waals surface area contributed by atoms with E-state index in [1.807, 2.05) is 6.92 Å².